The Hall–Kier alpha value is -1.79. The van der Waals surface area contributed by atoms with Crippen molar-refractivity contribution < 1.29 is 19.5 Å². The Balaban J connectivity index is 2.18. The molecule has 0 aromatic rings. The zero-order valence-corrected chi connectivity index (χ0v) is 11.1. The van der Waals surface area contributed by atoms with Crippen molar-refractivity contribution in [3.63, 3.8) is 0 Å². The van der Waals surface area contributed by atoms with E-state index in [1.165, 1.54) is 13.3 Å². The summed E-state index contributed by atoms with van der Waals surface area (Å²) in [6.07, 6.45) is 5.36. The molecule has 0 radical (unpaired) electrons. The third kappa shape index (κ3) is 6.08. The molecule has 19 heavy (non-hydrogen) atoms. The Morgan fingerprint density at radius 2 is 1.84 bits per heavy atom. The molecule has 3 amide bonds. The number of aliphatic carboxylic acids is 1. The fourth-order valence-electron chi connectivity index (χ4n) is 2.00. The van der Waals surface area contributed by atoms with Crippen LogP contribution in [0.5, 0.6) is 0 Å². The molecule has 0 unspecified atom stereocenters. The molecule has 1 saturated carbocycles. The standard InChI is InChI=1S/C12H21N3O4/c1-8(11(17)18)14-10(16)7-13-12(19)15-9-5-3-2-4-6-9/h8-9H,2-7H2,1H3,(H,14,16)(H,17,18)(H2,13,15,19)/t8-/m0/s1. The second kappa shape index (κ2) is 7.60. The Bertz CT molecular complexity index is 340. The first kappa shape index (κ1) is 15.3. The molecular weight excluding hydrogens is 250 g/mol. The van der Waals surface area contributed by atoms with Crippen LogP contribution in [0.1, 0.15) is 39.0 Å². The van der Waals surface area contributed by atoms with Gasteiger partial charge in [0.2, 0.25) is 5.91 Å². The summed E-state index contributed by atoms with van der Waals surface area (Å²) in [5, 5.41) is 16.1. The minimum Gasteiger partial charge on any atom is -0.480 e. The maximum atomic E-state index is 11.5. The van der Waals surface area contributed by atoms with Gasteiger partial charge in [0.15, 0.2) is 0 Å². The highest BCUT2D eigenvalue weighted by molar-refractivity contribution is 5.87. The molecule has 1 aliphatic carbocycles. The first-order valence-corrected chi connectivity index (χ1v) is 6.55. The molecule has 4 N–H and O–H groups in total. The molecule has 1 fully saturated rings. The molecule has 1 rings (SSSR count). The van der Waals surface area contributed by atoms with Crippen LogP contribution in [0.25, 0.3) is 0 Å². The van der Waals surface area contributed by atoms with Gasteiger partial charge in [0.05, 0.1) is 6.54 Å². The number of rotatable bonds is 5. The smallest absolute Gasteiger partial charge is 0.325 e. The Morgan fingerprint density at radius 1 is 1.21 bits per heavy atom. The zero-order valence-electron chi connectivity index (χ0n) is 11.1. The molecule has 0 spiro atoms. The highest BCUT2D eigenvalue weighted by atomic mass is 16.4. The van der Waals surface area contributed by atoms with Crippen LogP contribution < -0.4 is 16.0 Å². The third-order valence-corrected chi connectivity index (χ3v) is 3.10. The summed E-state index contributed by atoms with van der Waals surface area (Å²) >= 11 is 0. The number of hydrogen-bond acceptors (Lipinski definition) is 3. The maximum absolute atomic E-state index is 11.5. The molecule has 0 aliphatic heterocycles. The largest absolute Gasteiger partial charge is 0.480 e. The summed E-state index contributed by atoms with van der Waals surface area (Å²) in [5.41, 5.74) is 0. The Morgan fingerprint density at radius 3 is 2.42 bits per heavy atom. The summed E-state index contributed by atoms with van der Waals surface area (Å²) in [5.74, 6) is -1.63. The topological polar surface area (TPSA) is 108 Å². The van der Waals surface area contributed by atoms with Crippen molar-refractivity contribution in [3.8, 4) is 0 Å². The van der Waals surface area contributed by atoms with E-state index in [0.717, 1.165) is 25.7 Å². The van der Waals surface area contributed by atoms with Crippen molar-refractivity contribution in [1.82, 2.24) is 16.0 Å². The van der Waals surface area contributed by atoms with E-state index in [1.54, 1.807) is 0 Å². The lowest BCUT2D eigenvalue weighted by Gasteiger charge is -2.22. The quantitative estimate of drug-likeness (QED) is 0.573. The molecule has 0 aromatic heterocycles. The third-order valence-electron chi connectivity index (χ3n) is 3.10. The number of nitrogens with one attached hydrogen (secondary N) is 3. The summed E-state index contributed by atoms with van der Waals surface area (Å²) in [6, 6.07) is -1.17. The molecule has 0 heterocycles. The highest BCUT2D eigenvalue weighted by Crippen LogP contribution is 2.16. The fraction of sp³-hybridized carbons (Fsp3) is 0.750. The van der Waals surface area contributed by atoms with Crippen LogP contribution in [-0.4, -0.2) is 41.6 Å². The van der Waals surface area contributed by atoms with Crippen LogP contribution in [0.4, 0.5) is 4.79 Å². The maximum Gasteiger partial charge on any atom is 0.325 e. The van der Waals surface area contributed by atoms with E-state index in [4.69, 9.17) is 5.11 Å². The van der Waals surface area contributed by atoms with E-state index in [-0.39, 0.29) is 18.6 Å². The average Bonchev–Trinajstić information content (AvgIpc) is 2.37. The molecule has 0 aromatic carbocycles. The normalized spacial score (nSPS) is 17.3. The molecule has 0 bridgehead atoms. The molecule has 0 saturated heterocycles. The van der Waals surface area contributed by atoms with Crippen molar-refractivity contribution >= 4 is 17.9 Å². The van der Waals surface area contributed by atoms with Gasteiger partial charge in [-0.15, -0.1) is 0 Å². The van der Waals surface area contributed by atoms with Crippen LogP contribution in [0.2, 0.25) is 0 Å². The van der Waals surface area contributed by atoms with E-state index < -0.39 is 17.9 Å². The Labute approximate surface area is 112 Å². The molecule has 1 atom stereocenters. The number of urea groups is 1. The van der Waals surface area contributed by atoms with E-state index in [0.29, 0.717) is 0 Å². The van der Waals surface area contributed by atoms with Crippen molar-refractivity contribution in [3.05, 3.63) is 0 Å². The summed E-state index contributed by atoms with van der Waals surface area (Å²) < 4.78 is 0. The fourth-order valence-corrected chi connectivity index (χ4v) is 2.00. The lowest BCUT2D eigenvalue weighted by molar-refractivity contribution is -0.141. The first-order valence-electron chi connectivity index (χ1n) is 6.55. The highest BCUT2D eigenvalue weighted by Gasteiger charge is 2.17. The average molecular weight is 271 g/mol. The summed E-state index contributed by atoms with van der Waals surface area (Å²) in [6.45, 7) is 1.14. The predicted octanol–water partition coefficient (Wildman–Crippen LogP) is 0.208. The molecule has 7 nitrogen and oxygen atoms in total. The first-order chi connectivity index (χ1) is 8.99. The van der Waals surface area contributed by atoms with Crippen LogP contribution in [-0.2, 0) is 9.59 Å². The summed E-state index contributed by atoms with van der Waals surface area (Å²) in [4.78, 5) is 33.4. The Kier molecular flexibility index (Phi) is 6.11. The van der Waals surface area contributed by atoms with Crippen molar-refractivity contribution in [2.75, 3.05) is 6.54 Å². The predicted molar refractivity (Wildman–Crippen MR) is 68.6 cm³/mol. The van der Waals surface area contributed by atoms with Crippen LogP contribution in [0.15, 0.2) is 0 Å². The van der Waals surface area contributed by atoms with Gasteiger partial charge in [-0.1, -0.05) is 19.3 Å². The lowest BCUT2D eigenvalue weighted by Crippen LogP contribution is -2.48. The molecule has 7 heteroatoms. The number of carbonyl (C=O) groups is 3. The minimum absolute atomic E-state index is 0.176. The molecule has 108 valence electrons. The van der Waals surface area contributed by atoms with E-state index in [1.807, 2.05) is 0 Å². The van der Waals surface area contributed by atoms with Gasteiger partial charge in [0, 0.05) is 6.04 Å². The monoisotopic (exact) mass is 271 g/mol. The van der Waals surface area contributed by atoms with Crippen molar-refractivity contribution in [2.24, 2.45) is 0 Å². The van der Waals surface area contributed by atoms with Gasteiger partial charge in [0.1, 0.15) is 6.04 Å². The van der Waals surface area contributed by atoms with E-state index in [9.17, 15) is 14.4 Å². The number of carboxylic acid groups (broad SMARTS) is 1. The van der Waals surface area contributed by atoms with Gasteiger partial charge in [0.25, 0.3) is 0 Å². The van der Waals surface area contributed by atoms with Gasteiger partial charge in [-0.2, -0.15) is 0 Å². The van der Waals surface area contributed by atoms with Crippen LogP contribution >= 0.6 is 0 Å². The number of carbonyl (C=O) groups excluding carboxylic acids is 2. The lowest BCUT2D eigenvalue weighted by atomic mass is 9.96. The van der Waals surface area contributed by atoms with Gasteiger partial charge in [-0.3, -0.25) is 9.59 Å². The number of carboxylic acids is 1. The second-order valence-electron chi connectivity index (χ2n) is 4.79. The van der Waals surface area contributed by atoms with Crippen molar-refractivity contribution in [2.45, 2.75) is 51.1 Å². The zero-order chi connectivity index (χ0) is 14.3. The minimum atomic E-state index is -1.11. The summed E-state index contributed by atoms with van der Waals surface area (Å²) in [7, 11) is 0. The van der Waals surface area contributed by atoms with Gasteiger partial charge in [-0.25, -0.2) is 4.79 Å². The second-order valence-corrected chi connectivity index (χ2v) is 4.79. The number of hydrogen-bond donors (Lipinski definition) is 4. The van der Waals surface area contributed by atoms with Crippen LogP contribution in [0, 0.1) is 0 Å². The van der Waals surface area contributed by atoms with Gasteiger partial charge in [-0.05, 0) is 19.8 Å². The van der Waals surface area contributed by atoms with E-state index in [2.05, 4.69) is 16.0 Å². The molecular formula is C12H21N3O4. The van der Waals surface area contributed by atoms with Gasteiger partial charge < -0.3 is 21.1 Å². The van der Waals surface area contributed by atoms with Crippen molar-refractivity contribution in [1.29, 1.82) is 0 Å². The number of amides is 3. The van der Waals surface area contributed by atoms with Gasteiger partial charge >= 0.3 is 12.0 Å². The molecule has 1 aliphatic rings. The SMILES string of the molecule is C[C@H](NC(=O)CNC(=O)NC1CCCCC1)C(=O)O. The van der Waals surface area contributed by atoms with Crippen LogP contribution in [0.3, 0.4) is 0 Å². The van der Waals surface area contributed by atoms with E-state index >= 15 is 0 Å².